The lowest BCUT2D eigenvalue weighted by Crippen LogP contribution is -2.53. The molecule has 2 aliphatic heterocycles. The molecule has 0 saturated carbocycles. The van der Waals surface area contributed by atoms with Gasteiger partial charge in [0.2, 0.25) is 5.91 Å². The predicted octanol–water partition coefficient (Wildman–Crippen LogP) is 3.34. The molecule has 0 spiro atoms. The van der Waals surface area contributed by atoms with E-state index in [1.165, 1.54) is 17.8 Å². The number of piperidine rings is 1. The van der Waals surface area contributed by atoms with E-state index in [1.54, 1.807) is 11.3 Å². The number of thiazole rings is 1. The molecule has 0 aliphatic carbocycles. The summed E-state index contributed by atoms with van der Waals surface area (Å²) in [5, 5.41) is 5.00. The smallest absolute Gasteiger partial charge is 0.265 e. The van der Waals surface area contributed by atoms with Crippen LogP contribution in [0.3, 0.4) is 0 Å². The fraction of sp³-hybridized carbons (Fsp3) is 0.571. The van der Waals surface area contributed by atoms with Gasteiger partial charge in [-0.2, -0.15) is 11.3 Å². The topological polar surface area (TPSA) is 56.8 Å². The van der Waals surface area contributed by atoms with Gasteiger partial charge in [-0.15, -0.1) is 11.3 Å². The van der Waals surface area contributed by atoms with Crippen molar-refractivity contribution < 1.29 is 9.59 Å². The van der Waals surface area contributed by atoms with Gasteiger partial charge in [-0.25, -0.2) is 4.98 Å². The first-order valence-corrected chi connectivity index (χ1v) is 12.1. The third-order valence-corrected chi connectivity index (χ3v) is 7.78. The number of piperazine rings is 1. The van der Waals surface area contributed by atoms with E-state index in [-0.39, 0.29) is 11.8 Å². The molecule has 1 atom stereocenters. The van der Waals surface area contributed by atoms with Crippen molar-refractivity contribution in [3.05, 3.63) is 27.4 Å². The van der Waals surface area contributed by atoms with Gasteiger partial charge in [0.1, 0.15) is 9.88 Å². The predicted molar refractivity (Wildman–Crippen MR) is 118 cm³/mol. The second-order valence-corrected chi connectivity index (χ2v) is 9.72. The highest BCUT2D eigenvalue weighted by molar-refractivity contribution is 7.17. The van der Waals surface area contributed by atoms with Crippen LogP contribution in [-0.2, 0) is 4.79 Å². The van der Waals surface area contributed by atoms with Crippen LogP contribution in [0.4, 0.5) is 0 Å². The average Bonchev–Trinajstić information content (AvgIpc) is 3.38. The maximum Gasteiger partial charge on any atom is 0.265 e. The van der Waals surface area contributed by atoms with Crippen molar-refractivity contribution in [2.75, 3.05) is 39.3 Å². The highest BCUT2D eigenvalue weighted by atomic mass is 32.1. The van der Waals surface area contributed by atoms with Gasteiger partial charge < -0.3 is 9.80 Å². The fourth-order valence-electron chi connectivity index (χ4n) is 4.11. The Labute approximate surface area is 180 Å². The standard InChI is InChI=1S/C21H28N4O2S2/c1-15-5-3-4-7-25(15)18(26)13-23-8-10-24(11-9-23)21(27)19-16(2)22-20(29-19)17-6-12-28-14-17/h6,12,14-15H,3-5,7-11,13H2,1-2H3. The summed E-state index contributed by atoms with van der Waals surface area (Å²) in [7, 11) is 0. The molecule has 1 unspecified atom stereocenters. The zero-order valence-corrected chi connectivity index (χ0v) is 18.7. The number of hydrogen-bond donors (Lipinski definition) is 0. The normalized spacial score (nSPS) is 20.8. The van der Waals surface area contributed by atoms with Gasteiger partial charge in [-0.3, -0.25) is 14.5 Å². The van der Waals surface area contributed by atoms with Crippen molar-refractivity contribution in [3.8, 4) is 10.6 Å². The summed E-state index contributed by atoms with van der Waals surface area (Å²) >= 11 is 3.12. The first kappa shape index (κ1) is 20.5. The molecule has 0 bridgehead atoms. The average molecular weight is 433 g/mol. The van der Waals surface area contributed by atoms with Crippen molar-refractivity contribution in [2.45, 2.75) is 39.2 Å². The lowest BCUT2D eigenvalue weighted by molar-refractivity contribution is -0.136. The van der Waals surface area contributed by atoms with Crippen LogP contribution in [0.2, 0.25) is 0 Å². The Morgan fingerprint density at radius 3 is 2.66 bits per heavy atom. The second kappa shape index (κ2) is 8.93. The number of aromatic nitrogens is 1. The third kappa shape index (κ3) is 4.54. The molecule has 4 heterocycles. The minimum absolute atomic E-state index is 0.0668. The zero-order valence-electron chi connectivity index (χ0n) is 17.1. The number of hydrogen-bond acceptors (Lipinski definition) is 6. The molecule has 156 valence electrons. The van der Waals surface area contributed by atoms with Crippen molar-refractivity contribution in [2.24, 2.45) is 0 Å². The molecular weight excluding hydrogens is 404 g/mol. The van der Waals surface area contributed by atoms with Crippen LogP contribution >= 0.6 is 22.7 Å². The summed E-state index contributed by atoms with van der Waals surface area (Å²) in [4.78, 5) is 37.2. The summed E-state index contributed by atoms with van der Waals surface area (Å²) in [6.45, 7) is 8.22. The summed E-state index contributed by atoms with van der Waals surface area (Å²) < 4.78 is 0. The van der Waals surface area contributed by atoms with Crippen LogP contribution in [-0.4, -0.2) is 76.8 Å². The Bertz CT molecular complexity index is 856. The van der Waals surface area contributed by atoms with Crippen LogP contribution in [0.1, 0.15) is 41.6 Å². The van der Waals surface area contributed by atoms with Gasteiger partial charge >= 0.3 is 0 Å². The lowest BCUT2D eigenvalue weighted by Gasteiger charge is -2.38. The van der Waals surface area contributed by atoms with E-state index in [0.717, 1.165) is 53.6 Å². The van der Waals surface area contributed by atoms with Crippen molar-refractivity contribution in [1.29, 1.82) is 0 Å². The first-order chi connectivity index (χ1) is 14.0. The highest BCUT2D eigenvalue weighted by Crippen LogP contribution is 2.30. The third-order valence-electron chi connectivity index (χ3n) is 5.90. The van der Waals surface area contributed by atoms with E-state index < -0.39 is 0 Å². The summed E-state index contributed by atoms with van der Waals surface area (Å²) in [6, 6.07) is 2.39. The fourth-order valence-corrected chi connectivity index (χ4v) is 5.85. The lowest BCUT2D eigenvalue weighted by atomic mass is 10.0. The number of likely N-dealkylation sites (tertiary alicyclic amines) is 1. The number of aryl methyl sites for hydroxylation is 1. The minimum Gasteiger partial charge on any atom is -0.339 e. The maximum absolute atomic E-state index is 13.0. The Hall–Kier alpha value is -1.77. The monoisotopic (exact) mass is 432 g/mol. The number of nitrogens with zero attached hydrogens (tertiary/aromatic N) is 4. The van der Waals surface area contributed by atoms with Crippen LogP contribution in [0, 0.1) is 6.92 Å². The van der Waals surface area contributed by atoms with Gasteiger partial charge in [-0.1, -0.05) is 0 Å². The summed E-state index contributed by atoms with van der Waals surface area (Å²) in [5.74, 6) is 0.299. The molecule has 0 N–H and O–H groups in total. The Morgan fingerprint density at radius 2 is 1.97 bits per heavy atom. The van der Waals surface area contributed by atoms with Crippen molar-refractivity contribution >= 4 is 34.5 Å². The maximum atomic E-state index is 13.0. The molecule has 2 aromatic rings. The highest BCUT2D eigenvalue weighted by Gasteiger charge is 2.29. The number of carbonyl (C=O) groups is 2. The quantitative estimate of drug-likeness (QED) is 0.744. The summed E-state index contributed by atoms with van der Waals surface area (Å²) in [5.41, 5.74) is 1.88. The molecule has 0 aromatic carbocycles. The molecule has 2 aromatic heterocycles. The molecule has 8 heteroatoms. The van der Waals surface area contributed by atoms with Crippen molar-refractivity contribution in [3.63, 3.8) is 0 Å². The van der Waals surface area contributed by atoms with E-state index in [0.29, 0.717) is 25.7 Å². The number of rotatable bonds is 4. The SMILES string of the molecule is Cc1nc(-c2ccsc2)sc1C(=O)N1CCN(CC(=O)N2CCCCC2C)CC1. The molecule has 4 rings (SSSR count). The first-order valence-electron chi connectivity index (χ1n) is 10.3. The van der Waals surface area contributed by atoms with Gasteiger partial charge in [-0.05, 0) is 44.6 Å². The Kier molecular flexibility index (Phi) is 6.32. The van der Waals surface area contributed by atoms with Crippen molar-refractivity contribution in [1.82, 2.24) is 19.7 Å². The number of amides is 2. The van der Waals surface area contributed by atoms with Crippen LogP contribution in [0.5, 0.6) is 0 Å². The Morgan fingerprint density at radius 1 is 1.17 bits per heavy atom. The largest absolute Gasteiger partial charge is 0.339 e. The second-order valence-electron chi connectivity index (χ2n) is 7.95. The van der Waals surface area contributed by atoms with Gasteiger partial charge in [0.15, 0.2) is 0 Å². The van der Waals surface area contributed by atoms with Gasteiger partial charge in [0.25, 0.3) is 5.91 Å². The van der Waals surface area contributed by atoms with Gasteiger partial charge in [0, 0.05) is 49.7 Å². The zero-order chi connectivity index (χ0) is 20.4. The molecular formula is C21H28N4O2S2. The minimum atomic E-state index is 0.0668. The Balaban J connectivity index is 1.32. The van der Waals surface area contributed by atoms with Gasteiger partial charge in [0.05, 0.1) is 12.2 Å². The molecule has 0 radical (unpaired) electrons. The van der Waals surface area contributed by atoms with Crippen LogP contribution in [0.15, 0.2) is 16.8 Å². The van der Waals surface area contributed by atoms with Crippen LogP contribution in [0.25, 0.3) is 10.6 Å². The van der Waals surface area contributed by atoms with Crippen LogP contribution < -0.4 is 0 Å². The molecule has 6 nitrogen and oxygen atoms in total. The molecule has 2 amide bonds. The van der Waals surface area contributed by atoms with E-state index in [4.69, 9.17) is 0 Å². The van der Waals surface area contributed by atoms with E-state index in [2.05, 4.69) is 22.2 Å². The van der Waals surface area contributed by atoms with E-state index in [9.17, 15) is 9.59 Å². The number of thiophene rings is 1. The summed E-state index contributed by atoms with van der Waals surface area (Å²) in [6.07, 6.45) is 3.44. The molecule has 29 heavy (non-hydrogen) atoms. The molecule has 2 saturated heterocycles. The number of carbonyl (C=O) groups excluding carboxylic acids is 2. The van der Waals surface area contributed by atoms with E-state index >= 15 is 0 Å². The molecule has 2 aliphatic rings. The molecule has 2 fully saturated rings. The van der Waals surface area contributed by atoms with E-state index in [1.807, 2.05) is 28.2 Å².